The van der Waals surface area contributed by atoms with Gasteiger partial charge in [-0.05, 0) is 66.7 Å². The van der Waals surface area contributed by atoms with E-state index in [2.05, 4.69) is 10.3 Å². The van der Waals surface area contributed by atoms with Gasteiger partial charge < -0.3 is 19.9 Å². The van der Waals surface area contributed by atoms with Crippen molar-refractivity contribution >= 4 is 34.6 Å². The molecule has 0 saturated carbocycles. The van der Waals surface area contributed by atoms with Gasteiger partial charge in [0, 0.05) is 0 Å². The van der Waals surface area contributed by atoms with E-state index in [0.717, 1.165) is 5.56 Å². The summed E-state index contributed by atoms with van der Waals surface area (Å²) in [5.41, 5.74) is 1.48. The topological polar surface area (TPSA) is 80.2 Å². The van der Waals surface area contributed by atoms with Gasteiger partial charge in [0.15, 0.2) is 16.7 Å². The summed E-state index contributed by atoms with van der Waals surface area (Å²) in [7, 11) is 1.58. The van der Waals surface area contributed by atoms with Crippen molar-refractivity contribution in [1.29, 1.82) is 0 Å². The summed E-state index contributed by atoms with van der Waals surface area (Å²) in [6.07, 6.45) is 1.78. The smallest absolute Gasteiger partial charge is 0.264 e. The third-order valence-electron chi connectivity index (χ3n) is 3.52. The van der Waals surface area contributed by atoms with E-state index >= 15 is 0 Å². The molecular weight excluding hydrogens is 352 g/mol. The number of hydrogen-bond acceptors (Lipinski definition) is 6. The lowest BCUT2D eigenvalue weighted by Gasteiger charge is -2.09. The van der Waals surface area contributed by atoms with Gasteiger partial charge in [-0.3, -0.25) is 4.79 Å². The van der Waals surface area contributed by atoms with Crippen LogP contribution >= 0.6 is 11.8 Å². The number of thioether (sulfide) groups is 1. The van der Waals surface area contributed by atoms with Gasteiger partial charge in [-0.2, -0.15) is 0 Å². The van der Waals surface area contributed by atoms with Crippen LogP contribution in [0.4, 0.5) is 5.69 Å². The number of aromatic hydroxyl groups is 1. The zero-order valence-electron chi connectivity index (χ0n) is 14.4. The minimum atomic E-state index is -0.208. The Hall–Kier alpha value is -2.93. The highest BCUT2D eigenvalue weighted by Crippen LogP contribution is 2.32. The first-order valence-corrected chi connectivity index (χ1v) is 8.80. The van der Waals surface area contributed by atoms with Crippen molar-refractivity contribution in [3.8, 4) is 17.2 Å². The summed E-state index contributed by atoms with van der Waals surface area (Å²) >= 11 is 1.26. The highest BCUT2D eigenvalue weighted by molar-refractivity contribution is 8.18. The maximum Gasteiger partial charge on any atom is 0.264 e. The highest BCUT2D eigenvalue weighted by atomic mass is 32.2. The standard InChI is InChI=1S/C19H18N2O4S/c1-3-25-15-9-4-12(10-16(15)24-2)11-17-18(23)21-19(26-17)20-13-5-7-14(22)8-6-13/h4-11,22H,3H2,1-2H3,(H,20,21,23)/b17-11-. The van der Waals surface area contributed by atoms with Crippen LogP contribution in [-0.4, -0.2) is 29.9 Å². The summed E-state index contributed by atoms with van der Waals surface area (Å²) in [5, 5.41) is 12.5. The monoisotopic (exact) mass is 370 g/mol. The number of nitrogens with zero attached hydrogens (tertiary/aromatic N) is 1. The number of carbonyl (C=O) groups excluding carboxylic acids is 1. The van der Waals surface area contributed by atoms with Crippen LogP contribution < -0.4 is 14.8 Å². The van der Waals surface area contributed by atoms with Crippen molar-refractivity contribution in [1.82, 2.24) is 5.32 Å². The van der Waals surface area contributed by atoms with Crippen molar-refractivity contribution in [2.45, 2.75) is 6.92 Å². The second-order valence-corrected chi connectivity index (χ2v) is 6.37. The molecule has 2 N–H and O–H groups in total. The van der Waals surface area contributed by atoms with E-state index in [1.54, 1.807) is 37.5 Å². The number of ether oxygens (including phenoxy) is 2. The van der Waals surface area contributed by atoms with Gasteiger partial charge in [0.05, 0.1) is 24.3 Å². The molecule has 0 radical (unpaired) electrons. The summed E-state index contributed by atoms with van der Waals surface area (Å²) in [5.74, 6) is 1.24. The van der Waals surface area contributed by atoms with Gasteiger partial charge in [-0.15, -0.1) is 0 Å². The molecule has 3 rings (SSSR count). The maximum absolute atomic E-state index is 12.2. The van der Waals surface area contributed by atoms with Crippen molar-refractivity contribution in [3.05, 3.63) is 52.9 Å². The summed E-state index contributed by atoms with van der Waals surface area (Å²) < 4.78 is 10.8. The van der Waals surface area contributed by atoms with Crippen LogP contribution in [0.2, 0.25) is 0 Å². The number of methoxy groups -OCH3 is 1. The molecule has 1 amide bonds. The molecule has 2 aromatic carbocycles. The lowest BCUT2D eigenvalue weighted by atomic mass is 10.2. The molecule has 0 bridgehead atoms. The Morgan fingerprint density at radius 3 is 2.65 bits per heavy atom. The molecule has 134 valence electrons. The Balaban J connectivity index is 1.81. The predicted molar refractivity (Wildman–Crippen MR) is 103 cm³/mol. The van der Waals surface area contributed by atoms with E-state index in [1.807, 2.05) is 25.1 Å². The van der Waals surface area contributed by atoms with Gasteiger partial charge in [0.25, 0.3) is 5.91 Å². The van der Waals surface area contributed by atoms with E-state index in [-0.39, 0.29) is 11.7 Å². The highest BCUT2D eigenvalue weighted by Gasteiger charge is 2.24. The molecule has 1 saturated heterocycles. The number of benzene rings is 2. The van der Waals surface area contributed by atoms with Gasteiger partial charge in [-0.1, -0.05) is 6.07 Å². The second-order valence-electron chi connectivity index (χ2n) is 5.34. The number of aliphatic imine (C=N–C) groups is 1. The molecule has 26 heavy (non-hydrogen) atoms. The second kappa shape index (κ2) is 7.97. The molecule has 1 heterocycles. The molecule has 6 nitrogen and oxygen atoms in total. The molecule has 0 aliphatic carbocycles. The van der Waals surface area contributed by atoms with Crippen LogP contribution in [0.3, 0.4) is 0 Å². The lowest BCUT2D eigenvalue weighted by molar-refractivity contribution is -0.115. The fourth-order valence-electron chi connectivity index (χ4n) is 2.33. The SMILES string of the molecule is CCOc1ccc(/C=C2\SC(=Nc3ccc(O)cc3)NC2=O)cc1OC. The van der Waals surface area contributed by atoms with Gasteiger partial charge in [0.1, 0.15) is 5.75 Å². The quantitative estimate of drug-likeness (QED) is 0.785. The fourth-order valence-corrected chi connectivity index (χ4v) is 3.17. The van der Waals surface area contributed by atoms with Crippen molar-refractivity contribution in [2.24, 2.45) is 4.99 Å². The van der Waals surface area contributed by atoms with E-state index in [1.165, 1.54) is 11.8 Å². The average Bonchev–Trinajstić information content (AvgIpc) is 2.97. The van der Waals surface area contributed by atoms with Gasteiger partial charge >= 0.3 is 0 Å². The number of rotatable bonds is 5. The predicted octanol–water partition coefficient (Wildman–Crippen LogP) is 3.69. The van der Waals surface area contributed by atoms with Crippen LogP contribution in [0, 0.1) is 0 Å². The first-order valence-electron chi connectivity index (χ1n) is 7.98. The van der Waals surface area contributed by atoms with E-state index in [9.17, 15) is 9.90 Å². The molecule has 2 aromatic rings. The summed E-state index contributed by atoms with van der Waals surface area (Å²) in [6.45, 7) is 2.45. The Morgan fingerprint density at radius 1 is 1.19 bits per heavy atom. The van der Waals surface area contributed by atoms with Crippen molar-refractivity contribution in [3.63, 3.8) is 0 Å². The number of amides is 1. The Morgan fingerprint density at radius 2 is 1.96 bits per heavy atom. The molecule has 0 aromatic heterocycles. The van der Waals surface area contributed by atoms with Crippen LogP contribution in [0.25, 0.3) is 6.08 Å². The van der Waals surface area contributed by atoms with E-state index in [0.29, 0.717) is 33.9 Å². The zero-order chi connectivity index (χ0) is 18.5. The molecule has 1 aliphatic rings. The third kappa shape index (κ3) is 4.18. The minimum Gasteiger partial charge on any atom is -0.508 e. The summed E-state index contributed by atoms with van der Waals surface area (Å²) in [4.78, 5) is 17.1. The van der Waals surface area contributed by atoms with Gasteiger partial charge in [0.2, 0.25) is 0 Å². The zero-order valence-corrected chi connectivity index (χ0v) is 15.2. The molecule has 1 fully saturated rings. The van der Waals surface area contributed by atoms with Crippen molar-refractivity contribution < 1.29 is 19.4 Å². The molecule has 7 heteroatoms. The van der Waals surface area contributed by atoms with Crippen LogP contribution in [0.5, 0.6) is 17.2 Å². The number of hydrogen-bond donors (Lipinski definition) is 2. The first-order chi connectivity index (χ1) is 12.6. The Kier molecular flexibility index (Phi) is 5.48. The third-order valence-corrected chi connectivity index (χ3v) is 4.43. The van der Waals surface area contributed by atoms with Crippen molar-refractivity contribution in [2.75, 3.05) is 13.7 Å². The Bertz CT molecular complexity index is 876. The van der Waals surface area contributed by atoms with Crippen LogP contribution in [-0.2, 0) is 4.79 Å². The first kappa shape index (κ1) is 17.9. The molecular formula is C19H18N2O4S. The number of phenols is 1. The maximum atomic E-state index is 12.2. The molecule has 0 atom stereocenters. The number of nitrogens with one attached hydrogen (secondary N) is 1. The molecule has 0 spiro atoms. The normalized spacial score (nSPS) is 16.8. The lowest BCUT2D eigenvalue weighted by Crippen LogP contribution is -2.19. The minimum absolute atomic E-state index is 0.169. The fraction of sp³-hybridized carbons (Fsp3) is 0.158. The van der Waals surface area contributed by atoms with E-state index in [4.69, 9.17) is 9.47 Å². The number of carbonyl (C=O) groups is 1. The summed E-state index contributed by atoms with van der Waals surface area (Å²) in [6, 6.07) is 11.9. The Labute approximate surface area is 155 Å². The average molecular weight is 370 g/mol. The number of amidine groups is 1. The molecule has 0 unspecified atom stereocenters. The number of phenolic OH excluding ortho intramolecular Hbond substituents is 1. The largest absolute Gasteiger partial charge is 0.508 e. The van der Waals surface area contributed by atoms with Gasteiger partial charge in [-0.25, -0.2) is 4.99 Å². The van der Waals surface area contributed by atoms with E-state index < -0.39 is 0 Å². The molecule has 1 aliphatic heterocycles. The van der Waals surface area contributed by atoms with Crippen LogP contribution in [0.1, 0.15) is 12.5 Å². The van der Waals surface area contributed by atoms with Crippen LogP contribution in [0.15, 0.2) is 52.4 Å².